The Morgan fingerprint density at radius 2 is 2.00 bits per heavy atom. The molecular formula is C17H16N6O2S. The highest BCUT2D eigenvalue weighted by Gasteiger charge is 2.31. The number of carbonyl (C=O) groups is 1. The van der Waals surface area contributed by atoms with Crippen molar-refractivity contribution in [2.75, 3.05) is 0 Å². The molecule has 0 spiro atoms. The zero-order valence-corrected chi connectivity index (χ0v) is 15.0. The van der Waals surface area contributed by atoms with E-state index in [1.54, 1.807) is 9.36 Å². The van der Waals surface area contributed by atoms with Crippen LogP contribution in [0.1, 0.15) is 23.4 Å². The summed E-state index contributed by atoms with van der Waals surface area (Å²) in [5.41, 5.74) is 3.36. The van der Waals surface area contributed by atoms with Crippen LogP contribution in [0.5, 0.6) is 0 Å². The van der Waals surface area contributed by atoms with Crippen LogP contribution in [0.25, 0.3) is 5.95 Å². The highest BCUT2D eigenvalue weighted by Crippen LogP contribution is 2.33. The monoisotopic (exact) mass is 368 g/mol. The van der Waals surface area contributed by atoms with Crippen molar-refractivity contribution < 1.29 is 9.90 Å². The molecule has 1 aliphatic rings. The fourth-order valence-electron chi connectivity index (χ4n) is 2.89. The van der Waals surface area contributed by atoms with Gasteiger partial charge >= 0.3 is 5.97 Å². The first-order valence-corrected chi connectivity index (χ1v) is 8.92. The van der Waals surface area contributed by atoms with Gasteiger partial charge in [-0.1, -0.05) is 42.1 Å². The van der Waals surface area contributed by atoms with Gasteiger partial charge in [0.2, 0.25) is 5.16 Å². The van der Waals surface area contributed by atoms with Crippen molar-refractivity contribution in [3.05, 3.63) is 53.3 Å². The average molecular weight is 368 g/mol. The van der Waals surface area contributed by atoms with E-state index in [-0.39, 0.29) is 11.7 Å². The van der Waals surface area contributed by atoms with Gasteiger partial charge in [0.1, 0.15) is 0 Å². The number of aryl methyl sites for hydroxylation is 2. The summed E-state index contributed by atoms with van der Waals surface area (Å²) < 4.78 is 3.32. The van der Waals surface area contributed by atoms with Crippen molar-refractivity contribution in [2.45, 2.75) is 30.7 Å². The van der Waals surface area contributed by atoms with Crippen molar-refractivity contribution in [3.63, 3.8) is 0 Å². The zero-order chi connectivity index (χ0) is 18.3. The summed E-state index contributed by atoms with van der Waals surface area (Å²) in [4.78, 5) is 11.3. The van der Waals surface area contributed by atoms with Gasteiger partial charge in [-0.05, 0) is 25.5 Å². The zero-order valence-electron chi connectivity index (χ0n) is 14.2. The molecule has 9 heteroatoms. The van der Waals surface area contributed by atoms with Gasteiger partial charge in [-0.3, -0.25) is 4.79 Å². The molecule has 1 atom stereocenters. The molecule has 1 aromatic carbocycles. The molecule has 0 radical (unpaired) electrons. The summed E-state index contributed by atoms with van der Waals surface area (Å²) in [6, 6.07) is 11.5. The molecule has 1 N–H and O–H groups in total. The molecule has 3 heterocycles. The molecule has 1 aliphatic heterocycles. The van der Waals surface area contributed by atoms with Crippen LogP contribution in [-0.4, -0.2) is 46.7 Å². The third-order valence-electron chi connectivity index (χ3n) is 3.98. The van der Waals surface area contributed by atoms with E-state index in [0.717, 1.165) is 17.0 Å². The van der Waals surface area contributed by atoms with E-state index in [1.165, 1.54) is 11.8 Å². The summed E-state index contributed by atoms with van der Waals surface area (Å²) in [5, 5.41) is 27.0. The van der Waals surface area contributed by atoms with Gasteiger partial charge in [0.25, 0.3) is 5.95 Å². The van der Waals surface area contributed by atoms with Crippen molar-refractivity contribution in [1.82, 2.24) is 24.7 Å². The number of carboxylic acids is 1. The molecule has 132 valence electrons. The lowest BCUT2D eigenvalue weighted by molar-refractivity contribution is -0.136. The molecule has 0 saturated heterocycles. The Morgan fingerprint density at radius 1 is 1.23 bits per heavy atom. The third kappa shape index (κ3) is 2.90. The Labute approximate surface area is 153 Å². The minimum Gasteiger partial charge on any atom is -0.481 e. The van der Waals surface area contributed by atoms with Crippen LogP contribution in [-0.2, 0) is 4.79 Å². The van der Waals surface area contributed by atoms with Crippen molar-refractivity contribution >= 4 is 23.4 Å². The van der Waals surface area contributed by atoms with E-state index in [9.17, 15) is 9.90 Å². The third-order valence-corrected chi connectivity index (χ3v) is 5.12. The Bertz CT molecular complexity index is 1010. The maximum absolute atomic E-state index is 11.3. The summed E-state index contributed by atoms with van der Waals surface area (Å²) in [5.74, 6) is -0.391. The Balaban J connectivity index is 1.85. The highest BCUT2D eigenvalue weighted by molar-refractivity contribution is 8.00. The quantitative estimate of drug-likeness (QED) is 0.759. The molecule has 0 aliphatic carbocycles. The summed E-state index contributed by atoms with van der Waals surface area (Å²) in [6.07, 6.45) is -0.0412. The van der Waals surface area contributed by atoms with Gasteiger partial charge in [-0.25, -0.2) is 4.68 Å². The number of aliphatic carboxylic acids is 1. The van der Waals surface area contributed by atoms with Crippen LogP contribution < -0.4 is 0 Å². The summed E-state index contributed by atoms with van der Waals surface area (Å²) in [7, 11) is 0. The molecule has 26 heavy (non-hydrogen) atoms. The van der Waals surface area contributed by atoms with Crippen molar-refractivity contribution in [2.24, 2.45) is 5.10 Å². The van der Waals surface area contributed by atoms with Crippen LogP contribution in [0.15, 0.2) is 46.7 Å². The number of aromatic nitrogens is 5. The van der Waals surface area contributed by atoms with Crippen LogP contribution in [0, 0.1) is 13.8 Å². The smallest absolute Gasteiger partial charge is 0.304 e. The normalized spacial score (nSPS) is 16.2. The van der Waals surface area contributed by atoms with Gasteiger partial charge in [0.05, 0.1) is 23.1 Å². The molecule has 0 amide bonds. The molecule has 4 rings (SSSR count). The van der Waals surface area contributed by atoms with Crippen molar-refractivity contribution in [1.29, 1.82) is 0 Å². The van der Waals surface area contributed by atoms with E-state index in [0.29, 0.717) is 16.8 Å². The first kappa shape index (κ1) is 16.5. The van der Waals surface area contributed by atoms with E-state index < -0.39 is 5.97 Å². The first-order valence-electron chi connectivity index (χ1n) is 8.04. The number of rotatable bonds is 4. The Kier molecular flexibility index (Phi) is 4.08. The van der Waals surface area contributed by atoms with Crippen LogP contribution in [0.2, 0.25) is 0 Å². The fraction of sp³-hybridized carbons (Fsp3) is 0.235. The van der Waals surface area contributed by atoms with E-state index >= 15 is 0 Å². The number of fused-ring (bicyclic) bond motifs is 1. The Hall–Kier alpha value is -2.94. The van der Waals surface area contributed by atoms with Gasteiger partial charge in [0.15, 0.2) is 0 Å². The first-order chi connectivity index (χ1) is 12.5. The molecule has 2 aromatic heterocycles. The standard InChI is InChI=1S/C17H16N6O2S/c1-10-8-11(2)22(20-10)16-18-19-17-23(16)21-15(12-6-4-3-5-7-12)13(26-17)9-14(24)25/h3-8,13H,9H2,1-2H3,(H,24,25)/t13-/m1/s1. The lowest BCUT2D eigenvalue weighted by Crippen LogP contribution is -2.27. The second-order valence-electron chi connectivity index (χ2n) is 5.99. The van der Waals surface area contributed by atoms with Crippen LogP contribution in [0.4, 0.5) is 0 Å². The fourth-order valence-corrected chi connectivity index (χ4v) is 3.97. The Morgan fingerprint density at radius 3 is 2.65 bits per heavy atom. The number of benzene rings is 1. The number of carboxylic acid groups (broad SMARTS) is 1. The molecule has 0 unspecified atom stereocenters. The van der Waals surface area contributed by atoms with E-state index in [1.807, 2.05) is 50.2 Å². The maximum atomic E-state index is 11.3. The maximum Gasteiger partial charge on any atom is 0.304 e. The number of thioether (sulfide) groups is 1. The number of nitrogens with zero attached hydrogens (tertiary/aromatic N) is 6. The average Bonchev–Trinajstić information content (AvgIpc) is 3.16. The number of hydrogen-bond acceptors (Lipinski definition) is 6. The second-order valence-corrected chi connectivity index (χ2v) is 7.16. The summed E-state index contributed by atoms with van der Waals surface area (Å²) >= 11 is 1.35. The minimum absolute atomic E-state index is 0.0412. The number of hydrogen-bond donors (Lipinski definition) is 1. The van der Waals surface area contributed by atoms with Crippen LogP contribution >= 0.6 is 11.8 Å². The molecule has 0 saturated carbocycles. The van der Waals surface area contributed by atoms with Gasteiger partial charge in [-0.15, -0.1) is 10.2 Å². The van der Waals surface area contributed by atoms with E-state index in [4.69, 9.17) is 5.10 Å². The van der Waals surface area contributed by atoms with E-state index in [2.05, 4.69) is 15.3 Å². The minimum atomic E-state index is -0.877. The largest absolute Gasteiger partial charge is 0.481 e. The topological polar surface area (TPSA) is 98.2 Å². The van der Waals surface area contributed by atoms with Gasteiger partial charge < -0.3 is 5.11 Å². The molecular weight excluding hydrogens is 352 g/mol. The lowest BCUT2D eigenvalue weighted by atomic mass is 10.1. The van der Waals surface area contributed by atoms with Crippen molar-refractivity contribution in [3.8, 4) is 5.95 Å². The van der Waals surface area contributed by atoms with Gasteiger partial charge in [0, 0.05) is 5.69 Å². The highest BCUT2D eigenvalue weighted by atomic mass is 32.2. The predicted octanol–water partition coefficient (Wildman–Crippen LogP) is 2.28. The SMILES string of the molecule is Cc1cc(C)n(-c2nnc3n2N=C(c2ccccc2)[C@@H](CC(=O)O)S3)n1. The molecule has 0 fully saturated rings. The molecule has 8 nitrogen and oxygen atoms in total. The summed E-state index contributed by atoms with van der Waals surface area (Å²) in [6.45, 7) is 3.85. The molecule has 3 aromatic rings. The predicted molar refractivity (Wildman–Crippen MR) is 96.9 cm³/mol. The van der Waals surface area contributed by atoms with Crippen LogP contribution in [0.3, 0.4) is 0 Å². The lowest BCUT2D eigenvalue weighted by Gasteiger charge is -2.21. The molecule has 0 bridgehead atoms. The van der Waals surface area contributed by atoms with Gasteiger partial charge in [-0.2, -0.15) is 14.9 Å². The second kappa shape index (κ2) is 6.41.